The number of aromatic nitrogens is 2. The van der Waals surface area contributed by atoms with Crippen molar-refractivity contribution < 1.29 is 14.2 Å². The van der Waals surface area contributed by atoms with Gasteiger partial charge in [-0.05, 0) is 12.1 Å². The maximum Gasteiger partial charge on any atom is 0.127 e. The molecule has 6 heteroatoms. The fourth-order valence-electron chi connectivity index (χ4n) is 2.77. The Bertz CT molecular complexity index is 601. The van der Waals surface area contributed by atoms with Crippen LogP contribution in [0.1, 0.15) is 17.3 Å². The molecular formula is C16H21N3O3. The Balaban J connectivity index is 1.81. The molecule has 1 aromatic carbocycles. The fourth-order valence-corrected chi connectivity index (χ4v) is 2.77. The first-order valence-electron chi connectivity index (χ1n) is 7.34. The van der Waals surface area contributed by atoms with Gasteiger partial charge in [-0.1, -0.05) is 6.07 Å². The Kier molecular flexibility index (Phi) is 4.60. The van der Waals surface area contributed by atoms with E-state index in [1.54, 1.807) is 20.4 Å². The molecule has 1 N–H and O–H groups in total. The van der Waals surface area contributed by atoms with Gasteiger partial charge in [0.25, 0.3) is 0 Å². The monoisotopic (exact) mass is 303 g/mol. The second kappa shape index (κ2) is 6.81. The molecule has 118 valence electrons. The van der Waals surface area contributed by atoms with E-state index in [-0.39, 0.29) is 6.04 Å². The zero-order valence-electron chi connectivity index (χ0n) is 12.9. The van der Waals surface area contributed by atoms with E-state index in [9.17, 15) is 0 Å². The van der Waals surface area contributed by atoms with Gasteiger partial charge >= 0.3 is 0 Å². The van der Waals surface area contributed by atoms with Gasteiger partial charge in [-0.3, -0.25) is 10.00 Å². The molecule has 1 aliphatic rings. The van der Waals surface area contributed by atoms with Gasteiger partial charge in [0.1, 0.15) is 11.5 Å². The number of hydrogen-bond donors (Lipinski definition) is 1. The number of aromatic amines is 1. The molecule has 6 nitrogen and oxygen atoms in total. The van der Waals surface area contributed by atoms with E-state index in [0.29, 0.717) is 6.61 Å². The lowest BCUT2D eigenvalue weighted by atomic mass is 10.1. The van der Waals surface area contributed by atoms with Crippen LogP contribution in [0.3, 0.4) is 0 Å². The van der Waals surface area contributed by atoms with Crippen LogP contribution in [0.5, 0.6) is 11.5 Å². The number of rotatable bonds is 5. The molecule has 0 spiro atoms. The molecule has 0 radical (unpaired) electrons. The van der Waals surface area contributed by atoms with Gasteiger partial charge in [-0.2, -0.15) is 5.10 Å². The minimum atomic E-state index is 0.183. The molecule has 1 aliphatic heterocycles. The van der Waals surface area contributed by atoms with Crippen LogP contribution in [0.15, 0.2) is 30.5 Å². The van der Waals surface area contributed by atoms with Crippen molar-refractivity contribution in [1.82, 2.24) is 15.1 Å². The van der Waals surface area contributed by atoms with Crippen LogP contribution in [0.4, 0.5) is 0 Å². The lowest BCUT2D eigenvalue weighted by Gasteiger charge is -2.35. The molecule has 1 unspecified atom stereocenters. The van der Waals surface area contributed by atoms with Gasteiger partial charge in [0.15, 0.2) is 0 Å². The third kappa shape index (κ3) is 3.08. The zero-order valence-corrected chi connectivity index (χ0v) is 12.9. The highest BCUT2D eigenvalue weighted by atomic mass is 16.5. The summed E-state index contributed by atoms with van der Waals surface area (Å²) in [7, 11) is 3.34. The molecule has 0 amide bonds. The first kappa shape index (κ1) is 14.9. The first-order chi connectivity index (χ1) is 10.8. The standard InChI is InChI=1S/C16H21N3O3/c1-20-13-4-3-12(16(9-13)21-2)10-19-7-8-22-11-15(19)14-5-6-17-18-14/h3-6,9,15H,7-8,10-11H2,1-2H3,(H,17,18). The number of nitrogens with one attached hydrogen (secondary N) is 1. The van der Waals surface area contributed by atoms with Crippen molar-refractivity contribution in [3.05, 3.63) is 41.7 Å². The summed E-state index contributed by atoms with van der Waals surface area (Å²) in [4.78, 5) is 2.38. The van der Waals surface area contributed by atoms with Gasteiger partial charge in [0, 0.05) is 30.9 Å². The normalized spacial score (nSPS) is 19.1. The zero-order chi connectivity index (χ0) is 15.4. The van der Waals surface area contributed by atoms with E-state index in [0.717, 1.165) is 42.5 Å². The predicted octanol–water partition coefficient (Wildman–Crippen LogP) is 2.00. The van der Waals surface area contributed by atoms with Crippen molar-refractivity contribution in [2.75, 3.05) is 34.0 Å². The third-order valence-corrected chi connectivity index (χ3v) is 3.99. The molecule has 3 rings (SSSR count). The minimum absolute atomic E-state index is 0.183. The fraction of sp³-hybridized carbons (Fsp3) is 0.438. The Morgan fingerprint density at radius 2 is 2.23 bits per heavy atom. The molecule has 1 aromatic heterocycles. The van der Waals surface area contributed by atoms with Crippen LogP contribution in [-0.4, -0.2) is 49.1 Å². The number of morpholine rings is 1. The quantitative estimate of drug-likeness (QED) is 0.915. The highest BCUT2D eigenvalue weighted by molar-refractivity contribution is 5.40. The molecule has 0 bridgehead atoms. The number of benzene rings is 1. The second-order valence-electron chi connectivity index (χ2n) is 5.25. The minimum Gasteiger partial charge on any atom is -0.497 e. The topological polar surface area (TPSA) is 59.6 Å². The smallest absolute Gasteiger partial charge is 0.127 e. The summed E-state index contributed by atoms with van der Waals surface area (Å²) in [6.45, 7) is 3.07. The summed E-state index contributed by atoms with van der Waals surface area (Å²) in [5.74, 6) is 1.64. The number of hydrogen-bond acceptors (Lipinski definition) is 5. The van der Waals surface area contributed by atoms with Gasteiger partial charge < -0.3 is 14.2 Å². The van der Waals surface area contributed by atoms with Crippen LogP contribution in [0.25, 0.3) is 0 Å². The van der Waals surface area contributed by atoms with Crippen LogP contribution in [0.2, 0.25) is 0 Å². The molecule has 0 aliphatic carbocycles. The highest BCUT2D eigenvalue weighted by Gasteiger charge is 2.26. The average Bonchev–Trinajstić information content (AvgIpc) is 3.10. The van der Waals surface area contributed by atoms with Crippen LogP contribution in [-0.2, 0) is 11.3 Å². The van der Waals surface area contributed by atoms with Crippen LogP contribution >= 0.6 is 0 Å². The highest BCUT2D eigenvalue weighted by Crippen LogP contribution is 2.30. The largest absolute Gasteiger partial charge is 0.497 e. The van der Waals surface area contributed by atoms with Crippen molar-refractivity contribution in [3.63, 3.8) is 0 Å². The Morgan fingerprint density at radius 3 is 2.95 bits per heavy atom. The maximum absolute atomic E-state index is 5.63. The molecule has 2 aromatic rings. The number of ether oxygens (including phenoxy) is 3. The summed E-state index contributed by atoms with van der Waals surface area (Å²) in [6, 6.07) is 8.11. The predicted molar refractivity (Wildman–Crippen MR) is 82.1 cm³/mol. The number of nitrogens with zero attached hydrogens (tertiary/aromatic N) is 2. The van der Waals surface area contributed by atoms with Crippen LogP contribution < -0.4 is 9.47 Å². The van der Waals surface area contributed by atoms with E-state index < -0.39 is 0 Å². The van der Waals surface area contributed by atoms with Gasteiger partial charge in [0.2, 0.25) is 0 Å². The SMILES string of the molecule is COc1ccc(CN2CCOCC2c2ccn[nH]2)c(OC)c1. The molecular weight excluding hydrogens is 282 g/mol. The van der Waals surface area contributed by atoms with Crippen molar-refractivity contribution >= 4 is 0 Å². The summed E-state index contributed by atoms with van der Waals surface area (Å²) in [6.07, 6.45) is 1.77. The summed E-state index contributed by atoms with van der Waals surface area (Å²) >= 11 is 0. The summed E-state index contributed by atoms with van der Waals surface area (Å²) < 4.78 is 16.4. The van der Waals surface area contributed by atoms with Gasteiger partial charge in [-0.15, -0.1) is 0 Å². The maximum atomic E-state index is 5.63. The van der Waals surface area contributed by atoms with Gasteiger partial charge in [0.05, 0.1) is 39.2 Å². The van der Waals surface area contributed by atoms with Gasteiger partial charge in [-0.25, -0.2) is 0 Å². The Hall–Kier alpha value is -2.05. The van der Waals surface area contributed by atoms with E-state index in [4.69, 9.17) is 14.2 Å². The van der Waals surface area contributed by atoms with E-state index >= 15 is 0 Å². The summed E-state index contributed by atoms with van der Waals surface area (Å²) in [5, 5.41) is 7.09. The lowest BCUT2D eigenvalue weighted by molar-refractivity contribution is -0.0145. The number of H-pyrrole nitrogens is 1. The molecule has 1 saturated heterocycles. The number of methoxy groups -OCH3 is 2. The average molecular weight is 303 g/mol. The van der Waals surface area contributed by atoms with Crippen molar-refractivity contribution in [2.45, 2.75) is 12.6 Å². The van der Waals surface area contributed by atoms with Crippen LogP contribution in [0, 0.1) is 0 Å². The molecule has 1 atom stereocenters. The van der Waals surface area contributed by atoms with Crippen molar-refractivity contribution in [3.8, 4) is 11.5 Å². The van der Waals surface area contributed by atoms with Crippen molar-refractivity contribution in [2.24, 2.45) is 0 Å². The van der Waals surface area contributed by atoms with Crippen molar-refractivity contribution in [1.29, 1.82) is 0 Å². The molecule has 1 fully saturated rings. The molecule has 0 saturated carbocycles. The first-order valence-corrected chi connectivity index (χ1v) is 7.34. The second-order valence-corrected chi connectivity index (χ2v) is 5.25. The molecule has 2 heterocycles. The van der Waals surface area contributed by atoms with E-state index in [1.807, 2.05) is 18.2 Å². The third-order valence-electron chi connectivity index (χ3n) is 3.99. The van der Waals surface area contributed by atoms with E-state index in [1.165, 1.54) is 0 Å². The molecule has 22 heavy (non-hydrogen) atoms. The lowest BCUT2D eigenvalue weighted by Crippen LogP contribution is -2.39. The van der Waals surface area contributed by atoms with E-state index in [2.05, 4.69) is 21.2 Å². The Labute approximate surface area is 130 Å². The summed E-state index contributed by atoms with van der Waals surface area (Å²) in [5.41, 5.74) is 2.21. The Morgan fingerprint density at radius 1 is 1.32 bits per heavy atom.